The van der Waals surface area contributed by atoms with Crippen molar-refractivity contribution in [3.05, 3.63) is 83.0 Å². The van der Waals surface area contributed by atoms with Crippen LogP contribution in [0.2, 0.25) is 0 Å². The number of amides is 1. The zero-order chi connectivity index (χ0) is 20.0. The van der Waals surface area contributed by atoms with Crippen LogP contribution in [0.4, 0.5) is 5.69 Å². The van der Waals surface area contributed by atoms with Crippen molar-refractivity contribution in [3.63, 3.8) is 0 Å². The van der Waals surface area contributed by atoms with Gasteiger partial charge in [0.05, 0.1) is 11.9 Å². The number of aromatic nitrogens is 4. The Morgan fingerprint density at radius 2 is 1.86 bits per heavy atom. The molecule has 3 heterocycles. The first-order valence-corrected chi connectivity index (χ1v) is 9.52. The first-order chi connectivity index (χ1) is 14.1. The van der Waals surface area contributed by atoms with Gasteiger partial charge in [0.15, 0.2) is 5.65 Å². The molecule has 2 aromatic heterocycles. The first-order valence-electron chi connectivity index (χ1n) is 9.52. The molecule has 7 heteroatoms. The number of carbonyl (C=O) groups is 1. The molecule has 0 saturated carbocycles. The standard InChI is InChI=1S/C22H19N5O2/c1-15-11-16-7-5-6-10-19(16)26(15)20(28)13-25-14-23-21-18(22(25)29)12-24-27(21)17-8-3-2-4-9-17/h2-10,12,14-15H,11,13H2,1H3/t15-/m0/s1. The van der Waals surface area contributed by atoms with Crippen LogP contribution < -0.4 is 10.5 Å². The number of fused-ring (bicyclic) bond motifs is 2. The van der Waals surface area contributed by atoms with Gasteiger partial charge < -0.3 is 4.90 Å². The van der Waals surface area contributed by atoms with Gasteiger partial charge in [-0.15, -0.1) is 0 Å². The van der Waals surface area contributed by atoms with E-state index in [1.54, 1.807) is 9.58 Å². The van der Waals surface area contributed by atoms with Crippen LogP contribution in [0.1, 0.15) is 12.5 Å². The average molecular weight is 385 g/mol. The minimum Gasteiger partial charge on any atom is -0.307 e. The van der Waals surface area contributed by atoms with Crippen molar-refractivity contribution < 1.29 is 4.79 Å². The zero-order valence-electron chi connectivity index (χ0n) is 15.9. The predicted molar refractivity (Wildman–Crippen MR) is 110 cm³/mol. The summed E-state index contributed by atoms with van der Waals surface area (Å²) in [6.45, 7) is 1.96. The molecule has 1 aliphatic heterocycles. The van der Waals surface area contributed by atoms with E-state index in [0.29, 0.717) is 11.0 Å². The highest BCUT2D eigenvalue weighted by molar-refractivity contribution is 5.96. The zero-order valence-corrected chi connectivity index (χ0v) is 15.9. The van der Waals surface area contributed by atoms with E-state index in [1.165, 1.54) is 17.1 Å². The van der Waals surface area contributed by atoms with E-state index in [-0.39, 0.29) is 24.1 Å². The molecule has 1 atom stereocenters. The summed E-state index contributed by atoms with van der Waals surface area (Å²) in [4.78, 5) is 32.2. The monoisotopic (exact) mass is 385 g/mol. The molecular weight excluding hydrogens is 366 g/mol. The molecule has 0 N–H and O–H groups in total. The third-order valence-electron chi connectivity index (χ3n) is 5.34. The number of nitrogens with zero attached hydrogens (tertiary/aromatic N) is 5. The average Bonchev–Trinajstić information content (AvgIpc) is 3.31. The van der Waals surface area contributed by atoms with Crippen molar-refractivity contribution in [2.45, 2.75) is 25.9 Å². The van der Waals surface area contributed by atoms with Crippen molar-refractivity contribution >= 4 is 22.6 Å². The molecule has 0 bridgehead atoms. The van der Waals surface area contributed by atoms with Gasteiger partial charge in [0.1, 0.15) is 18.3 Å². The molecule has 29 heavy (non-hydrogen) atoms. The normalized spacial score (nSPS) is 15.6. The first kappa shape index (κ1) is 17.4. The second-order valence-corrected chi connectivity index (χ2v) is 7.25. The Kier molecular flexibility index (Phi) is 4.01. The minimum absolute atomic E-state index is 0.0586. The number of carbonyl (C=O) groups excluding carboxylic acids is 1. The Bertz CT molecular complexity index is 1280. The third-order valence-corrected chi connectivity index (χ3v) is 5.34. The topological polar surface area (TPSA) is 73.0 Å². The quantitative estimate of drug-likeness (QED) is 0.543. The Labute approximate surface area is 166 Å². The Hall–Kier alpha value is -3.74. The van der Waals surface area contributed by atoms with E-state index in [0.717, 1.165) is 23.4 Å². The van der Waals surface area contributed by atoms with E-state index in [4.69, 9.17) is 0 Å². The lowest BCUT2D eigenvalue weighted by Crippen LogP contribution is -2.40. The molecule has 4 aromatic rings. The highest BCUT2D eigenvalue weighted by Gasteiger charge is 2.30. The summed E-state index contributed by atoms with van der Waals surface area (Å²) in [5.41, 5.74) is 3.10. The molecule has 5 rings (SSSR count). The van der Waals surface area contributed by atoms with Gasteiger partial charge in [-0.3, -0.25) is 14.2 Å². The van der Waals surface area contributed by atoms with Crippen LogP contribution in [-0.2, 0) is 17.8 Å². The van der Waals surface area contributed by atoms with Gasteiger partial charge in [-0.25, -0.2) is 9.67 Å². The number of rotatable bonds is 3. The summed E-state index contributed by atoms with van der Waals surface area (Å²) >= 11 is 0. The van der Waals surface area contributed by atoms with Crippen LogP contribution in [-0.4, -0.2) is 31.3 Å². The van der Waals surface area contributed by atoms with Crippen LogP contribution in [0, 0.1) is 0 Å². The van der Waals surface area contributed by atoms with Crippen LogP contribution in [0.25, 0.3) is 16.7 Å². The van der Waals surface area contributed by atoms with E-state index in [2.05, 4.69) is 10.1 Å². The molecule has 1 aliphatic rings. The summed E-state index contributed by atoms with van der Waals surface area (Å²) in [6, 6.07) is 17.5. The summed E-state index contributed by atoms with van der Waals surface area (Å²) in [5.74, 6) is -0.124. The van der Waals surface area contributed by atoms with Crippen molar-refractivity contribution in [1.82, 2.24) is 19.3 Å². The van der Waals surface area contributed by atoms with E-state index >= 15 is 0 Å². The molecule has 0 unspecified atom stereocenters. The van der Waals surface area contributed by atoms with Crippen LogP contribution >= 0.6 is 0 Å². The largest absolute Gasteiger partial charge is 0.307 e. The maximum atomic E-state index is 13.0. The molecule has 1 amide bonds. The van der Waals surface area contributed by atoms with Gasteiger partial charge in [0.25, 0.3) is 5.56 Å². The summed E-state index contributed by atoms with van der Waals surface area (Å²) in [7, 11) is 0. The minimum atomic E-state index is -0.273. The van der Waals surface area contributed by atoms with Gasteiger partial charge in [-0.1, -0.05) is 36.4 Å². The molecular formula is C22H19N5O2. The molecule has 7 nitrogen and oxygen atoms in total. The highest BCUT2D eigenvalue weighted by atomic mass is 16.2. The molecule has 2 aromatic carbocycles. The number of para-hydroxylation sites is 2. The molecule has 0 fully saturated rings. The number of hydrogen-bond donors (Lipinski definition) is 0. The highest BCUT2D eigenvalue weighted by Crippen LogP contribution is 2.31. The molecule has 0 aliphatic carbocycles. The summed E-state index contributed by atoms with van der Waals surface area (Å²) in [5, 5.41) is 4.70. The lowest BCUT2D eigenvalue weighted by Gasteiger charge is -2.23. The molecule has 144 valence electrons. The van der Waals surface area contributed by atoms with Gasteiger partial charge >= 0.3 is 0 Å². The maximum Gasteiger partial charge on any atom is 0.264 e. The maximum absolute atomic E-state index is 13.0. The van der Waals surface area contributed by atoms with Crippen molar-refractivity contribution in [3.8, 4) is 5.69 Å². The van der Waals surface area contributed by atoms with E-state index in [1.807, 2.05) is 61.5 Å². The lowest BCUT2D eigenvalue weighted by atomic mass is 10.1. The van der Waals surface area contributed by atoms with Crippen LogP contribution in [0.5, 0.6) is 0 Å². The lowest BCUT2D eigenvalue weighted by molar-refractivity contribution is -0.119. The SMILES string of the molecule is C[C@H]1Cc2ccccc2N1C(=O)Cn1cnc2c(cnn2-c2ccccc2)c1=O. The van der Waals surface area contributed by atoms with Crippen LogP contribution in [0.3, 0.4) is 0 Å². The fraction of sp³-hybridized carbons (Fsp3) is 0.182. The van der Waals surface area contributed by atoms with Gasteiger partial charge in [-0.2, -0.15) is 5.10 Å². The number of hydrogen-bond acceptors (Lipinski definition) is 4. The predicted octanol–water partition coefficient (Wildman–Crippen LogP) is 2.56. The second kappa shape index (κ2) is 6.70. The fourth-order valence-electron chi connectivity index (χ4n) is 3.99. The van der Waals surface area contributed by atoms with Crippen molar-refractivity contribution in [2.75, 3.05) is 4.90 Å². The molecule has 0 radical (unpaired) electrons. The van der Waals surface area contributed by atoms with Gasteiger partial charge in [-0.05, 0) is 37.1 Å². The van der Waals surface area contributed by atoms with E-state index < -0.39 is 0 Å². The number of benzene rings is 2. The summed E-state index contributed by atoms with van der Waals surface area (Å²) in [6.07, 6.45) is 3.75. The molecule has 0 saturated heterocycles. The number of anilines is 1. The van der Waals surface area contributed by atoms with E-state index in [9.17, 15) is 9.59 Å². The summed E-state index contributed by atoms with van der Waals surface area (Å²) < 4.78 is 2.98. The van der Waals surface area contributed by atoms with Crippen molar-refractivity contribution in [1.29, 1.82) is 0 Å². The van der Waals surface area contributed by atoms with Gasteiger partial charge in [0.2, 0.25) is 5.91 Å². The smallest absolute Gasteiger partial charge is 0.264 e. The fourth-order valence-corrected chi connectivity index (χ4v) is 3.99. The van der Waals surface area contributed by atoms with Crippen molar-refractivity contribution in [2.24, 2.45) is 0 Å². The second-order valence-electron chi connectivity index (χ2n) is 7.25. The van der Waals surface area contributed by atoms with Crippen LogP contribution in [0.15, 0.2) is 71.9 Å². The van der Waals surface area contributed by atoms with Gasteiger partial charge in [0, 0.05) is 11.7 Å². The third kappa shape index (κ3) is 2.82. The Morgan fingerprint density at radius 1 is 1.10 bits per heavy atom. The Balaban J connectivity index is 1.48. The Morgan fingerprint density at radius 3 is 2.69 bits per heavy atom. The molecule has 0 spiro atoms.